The van der Waals surface area contributed by atoms with Crippen molar-refractivity contribution in [3.63, 3.8) is 0 Å². The second kappa shape index (κ2) is 7.53. The summed E-state index contributed by atoms with van der Waals surface area (Å²) in [5, 5.41) is 1.02. The van der Waals surface area contributed by atoms with E-state index in [1.165, 1.54) is 11.1 Å². The van der Waals surface area contributed by atoms with Gasteiger partial charge in [-0.05, 0) is 42.3 Å². The zero-order valence-corrected chi connectivity index (χ0v) is 13.4. The summed E-state index contributed by atoms with van der Waals surface area (Å²) < 4.78 is 6.12. The highest BCUT2D eigenvalue weighted by Crippen LogP contribution is 2.31. The van der Waals surface area contributed by atoms with Crippen LogP contribution in [0.2, 0.25) is 0 Å². The minimum Gasteiger partial charge on any atom is -0.457 e. The Kier molecular flexibility index (Phi) is 5.19. The number of benzene rings is 3. The summed E-state index contributed by atoms with van der Waals surface area (Å²) in [6.07, 6.45) is 0. The maximum absolute atomic E-state index is 6.12. The van der Waals surface area contributed by atoms with E-state index in [1.54, 1.807) is 0 Å². The van der Waals surface area contributed by atoms with Crippen molar-refractivity contribution < 1.29 is 4.74 Å². The monoisotopic (exact) mass is 341 g/mol. The molecular formula is C22H20AlNO. The molecule has 3 heteroatoms. The maximum Gasteiger partial charge on any atom is 0.187 e. The summed E-state index contributed by atoms with van der Waals surface area (Å²) in [6.45, 7) is 1.98. The van der Waals surface area contributed by atoms with E-state index in [0.717, 1.165) is 28.1 Å². The number of rotatable bonds is 3. The summed E-state index contributed by atoms with van der Waals surface area (Å²) in [5.74, 6) is 1.66. The second-order valence-electron chi connectivity index (χ2n) is 5.77. The molecule has 0 spiro atoms. The Morgan fingerprint density at radius 1 is 0.720 bits per heavy atom. The van der Waals surface area contributed by atoms with E-state index in [9.17, 15) is 0 Å². The summed E-state index contributed by atoms with van der Waals surface area (Å²) in [5.41, 5.74) is 4.28. The molecule has 0 unspecified atom stereocenters. The van der Waals surface area contributed by atoms with Crippen molar-refractivity contribution in [1.82, 2.24) is 4.98 Å². The smallest absolute Gasteiger partial charge is 0.187 e. The predicted molar refractivity (Wildman–Crippen MR) is 108 cm³/mol. The largest absolute Gasteiger partial charge is 0.457 e. The number of pyridine rings is 1. The average molecular weight is 341 g/mol. The lowest BCUT2D eigenvalue weighted by Gasteiger charge is -2.10. The van der Waals surface area contributed by atoms with Crippen molar-refractivity contribution >= 4 is 28.3 Å². The molecule has 0 amide bonds. The Hall–Kier alpha value is -2.60. The molecule has 122 valence electrons. The third-order valence-corrected chi connectivity index (χ3v) is 4.00. The molecule has 0 aliphatic heterocycles. The van der Waals surface area contributed by atoms with Crippen LogP contribution < -0.4 is 4.74 Å². The van der Waals surface area contributed by atoms with E-state index < -0.39 is 0 Å². The number of hydrogen-bond acceptors (Lipinski definition) is 2. The van der Waals surface area contributed by atoms with Gasteiger partial charge in [0.25, 0.3) is 0 Å². The minimum absolute atomic E-state index is 0. The predicted octanol–water partition coefficient (Wildman–Crippen LogP) is 4.82. The number of hydrogen-bond donors (Lipinski definition) is 0. The third-order valence-electron chi connectivity index (χ3n) is 4.00. The number of fused-ring (bicyclic) bond motifs is 1. The van der Waals surface area contributed by atoms with Crippen LogP contribution in [0, 0.1) is 6.92 Å². The van der Waals surface area contributed by atoms with E-state index in [1.807, 2.05) is 67.6 Å². The molecular weight excluding hydrogens is 321 g/mol. The van der Waals surface area contributed by atoms with Crippen molar-refractivity contribution in [2.45, 2.75) is 6.92 Å². The van der Waals surface area contributed by atoms with Crippen molar-refractivity contribution in [1.29, 1.82) is 0 Å². The third kappa shape index (κ3) is 3.74. The number of aryl methyl sites for hydroxylation is 1. The molecule has 1 heterocycles. The summed E-state index contributed by atoms with van der Waals surface area (Å²) in [4.78, 5) is 4.55. The Morgan fingerprint density at radius 3 is 2.12 bits per heavy atom. The van der Waals surface area contributed by atoms with E-state index >= 15 is 0 Å². The van der Waals surface area contributed by atoms with E-state index in [0.29, 0.717) is 0 Å². The lowest BCUT2D eigenvalue weighted by atomic mass is 10.1. The zero-order chi connectivity index (χ0) is 16.4. The molecule has 0 fully saturated rings. The van der Waals surface area contributed by atoms with Gasteiger partial charge in [0.05, 0.1) is 5.52 Å². The highest BCUT2D eigenvalue weighted by molar-refractivity contribution is 5.85. The van der Waals surface area contributed by atoms with Crippen LogP contribution in [0.15, 0.2) is 84.9 Å². The fourth-order valence-electron chi connectivity index (χ4n) is 2.83. The molecule has 0 saturated heterocycles. The van der Waals surface area contributed by atoms with Gasteiger partial charge in [-0.1, -0.05) is 54.6 Å². The van der Waals surface area contributed by atoms with Crippen LogP contribution in [-0.4, -0.2) is 22.3 Å². The van der Waals surface area contributed by atoms with E-state index in [4.69, 9.17) is 4.74 Å². The Morgan fingerprint density at radius 2 is 1.36 bits per heavy atom. The van der Waals surface area contributed by atoms with Gasteiger partial charge in [-0.2, -0.15) is 0 Å². The molecule has 1 aromatic heterocycles. The van der Waals surface area contributed by atoms with Gasteiger partial charge in [-0.3, -0.25) is 4.98 Å². The van der Waals surface area contributed by atoms with Crippen LogP contribution >= 0.6 is 0 Å². The van der Waals surface area contributed by atoms with Crippen molar-refractivity contribution in [3.05, 3.63) is 90.6 Å². The van der Waals surface area contributed by atoms with Crippen molar-refractivity contribution in [3.8, 4) is 22.6 Å². The van der Waals surface area contributed by atoms with Gasteiger partial charge >= 0.3 is 0 Å². The normalized spacial score (nSPS) is 10.3. The number of para-hydroxylation sites is 1. The SMILES string of the molecule is Cc1cc(Oc2ccc(-c3ccccc3)cc2)c2ccccc2n1.[AlH3]. The molecule has 4 rings (SSSR count). The van der Waals surface area contributed by atoms with Crippen LogP contribution in [0.1, 0.15) is 5.69 Å². The Bertz CT molecular complexity index is 982. The first-order chi connectivity index (χ1) is 11.8. The Labute approximate surface area is 158 Å². The summed E-state index contributed by atoms with van der Waals surface area (Å²) >= 11 is 0. The lowest BCUT2D eigenvalue weighted by Crippen LogP contribution is -1.90. The van der Waals surface area contributed by atoms with Crippen LogP contribution in [0.3, 0.4) is 0 Å². The fourth-order valence-corrected chi connectivity index (χ4v) is 2.83. The van der Waals surface area contributed by atoms with Gasteiger partial charge in [0.2, 0.25) is 0 Å². The van der Waals surface area contributed by atoms with E-state index in [-0.39, 0.29) is 17.4 Å². The van der Waals surface area contributed by atoms with Crippen LogP contribution in [0.4, 0.5) is 0 Å². The van der Waals surface area contributed by atoms with Gasteiger partial charge in [0.1, 0.15) is 11.5 Å². The molecule has 0 N–H and O–H groups in total. The number of aromatic nitrogens is 1. The molecule has 3 aromatic carbocycles. The first kappa shape index (κ1) is 17.2. The zero-order valence-electron chi connectivity index (χ0n) is 13.4. The second-order valence-corrected chi connectivity index (χ2v) is 5.77. The Balaban J connectivity index is 0.00000182. The molecule has 0 bridgehead atoms. The molecule has 0 aliphatic rings. The topological polar surface area (TPSA) is 22.1 Å². The molecule has 4 aromatic rings. The van der Waals surface area contributed by atoms with Gasteiger partial charge < -0.3 is 4.74 Å². The first-order valence-corrected chi connectivity index (χ1v) is 7.99. The minimum atomic E-state index is 0. The summed E-state index contributed by atoms with van der Waals surface area (Å²) in [6, 6.07) is 28.5. The quantitative estimate of drug-likeness (QED) is 0.499. The van der Waals surface area contributed by atoms with Gasteiger partial charge in [0.15, 0.2) is 17.4 Å². The maximum atomic E-state index is 6.12. The van der Waals surface area contributed by atoms with Gasteiger partial charge in [-0.15, -0.1) is 0 Å². The highest BCUT2D eigenvalue weighted by Gasteiger charge is 2.06. The van der Waals surface area contributed by atoms with Crippen molar-refractivity contribution in [2.24, 2.45) is 0 Å². The number of ether oxygens (including phenoxy) is 1. The van der Waals surface area contributed by atoms with Gasteiger partial charge in [0, 0.05) is 17.1 Å². The highest BCUT2D eigenvalue weighted by atomic mass is 27.0. The van der Waals surface area contributed by atoms with Crippen LogP contribution in [0.5, 0.6) is 11.5 Å². The molecule has 0 aliphatic carbocycles. The van der Waals surface area contributed by atoms with Crippen LogP contribution in [0.25, 0.3) is 22.0 Å². The first-order valence-electron chi connectivity index (χ1n) is 7.99. The molecule has 0 saturated carbocycles. The fraction of sp³-hybridized carbons (Fsp3) is 0.0455. The molecule has 2 nitrogen and oxygen atoms in total. The lowest BCUT2D eigenvalue weighted by molar-refractivity contribution is 0.487. The van der Waals surface area contributed by atoms with Crippen LogP contribution in [-0.2, 0) is 0 Å². The average Bonchev–Trinajstić information content (AvgIpc) is 2.63. The molecule has 25 heavy (non-hydrogen) atoms. The number of nitrogens with zero attached hydrogens (tertiary/aromatic N) is 1. The summed E-state index contributed by atoms with van der Waals surface area (Å²) in [7, 11) is 0. The molecule has 0 atom stereocenters. The standard InChI is InChI=1S/C22H17NO.Al.3H/c1-16-15-22(20-9-5-6-10-21(20)23-16)24-19-13-11-18(12-14-19)17-7-3-2-4-8-17;;;;/h2-15H,1H3;;;;. The van der Waals surface area contributed by atoms with Gasteiger partial charge in [-0.25, -0.2) is 0 Å². The molecule has 0 radical (unpaired) electrons. The van der Waals surface area contributed by atoms with E-state index in [2.05, 4.69) is 29.2 Å². The van der Waals surface area contributed by atoms with Crippen molar-refractivity contribution in [2.75, 3.05) is 0 Å².